The number of carbonyl (C=O) groups is 1. The second-order valence-corrected chi connectivity index (χ2v) is 7.53. The molecule has 0 unspecified atom stereocenters. The highest BCUT2D eigenvalue weighted by Gasteiger charge is 2.33. The van der Waals surface area contributed by atoms with Crippen molar-refractivity contribution in [2.24, 2.45) is 0 Å². The molecule has 28 heavy (non-hydrogen) atoms. The number of nitrogens with zero attached hydrogens (tertiary/aromatic N) is 2. The summed E-state index contributed by atoms with van der Waals surface area (Å²) in [6.07, 6.45) is -4.53. The van der Waals surface area contributed by atoms with Crippen LogP contribution < -0.4 is 5.32 Å². The van der Waals surface area contributed by atoms with Gasteiger partial charge in [0.15, 0.2) is 5.82 Å². The fourth-order valence-electron chi connectivity index (χ4n) is 2.34. The number of rotatable bonds is 5. The number of amides is 1. The zero-order valence-electron chi connectivity index (χ0n) is 14.4. The molecule has 146 valence electrons. The Morgan fingerprint density at radius 3 is 2.68 bits per heavy atom. The van der Waals surface area contributed by atoms with Crippen LogP contribution in [0.3, 0.4) is 0 Å². The van der Waals surface area contributed by atoms with Gasteiger partial charge >= 0.3 is 6.18 Å². The van der Waals surface area contributed by atoms with E-state index >= 15 is 0 Å². The molecule has 0 saturated carbocycles. The number of halogens is 4. The number of benzene rings is 2. The SMILES string of the molecule is Cc1nc(CSc2ccccc2C(=O)Nc2ccc(Br)c(C(F)(F)F)c2)no1. The minimum Gasteiger partial charge on any atom is -0.340 e. The minimum absolute atomic E-state index is 0.0501. The van der Waals surface area contributed by atoms with Gasteiger partial charge in [-0.25, -0.2) is 0 Å². The van der Waals surface area contributed by atoms with Crippen LogP contribution in [0.15, 0.2) is 56.4 Å². The van der Waals surface area contributed by atoms with Gasteiger partial charge in [0.2, 0.25) is 5.89 Å². The van der Waals surface area contributed by atoms with Gasteiger partial charge in [-0.1, -0.05) is 33.2 Å². The van der Waals surface area contributed by atoms with Gasteiger partial charge in [0.1, 0.15) is 0 Å². The number of carbonyl (C=O) groups excluding carboxylic acids is 1. The summed E-state index contributed by atoms with van der Waals surface area (Å²) in [6, 6.07) is 10.3. The summed E-state index contributed by atoms with van der Waals surface area (Å²) >= 11 is 4.21. The van der Waals surface area contributed by atoms with Gasteiger partial charge in [-0.15, -0.1) is 11.8 Å². The molecule has 2 aromatic carbocycles. The highest BCUT2D eigenvalue weighted by atomic mass is 79.9. The maximum Gasteiger partial charge on any atom is 0.417 e. The second-order valence-electron chi connectivity index (χ2n) is 5.66. The molecule has 0 spiro atoms. The van der Waals surface area contributed by atoms with Crippen molar-refractivity contribution < 1.29 is 22.5 Å². The van der Waals surface area contributed by atoms with E-state index in [-0.39, 0.29) is 10.2 Å². The standard InChI is InChI=1S/C18H13BrF3N3O2S/c1-10-23-16(25-27-10)9-28-15-5-3-2-4-12(15)17(26)24-11-6-7-14(19)13(8-11)18(20,21)22/h2-8H,9H2,1H3,(H,24,26). The van der Waals surface area contributed by atoms with Crippen LogP contribution in [-0.2, 0) is 11.9 Å². The monoisotopic (exact) mass is 471 g/mol. The average Bonchev–Trinajstić information content (AvgIpc) is 3.06. The average molecular weight is 472 g/mol. The molecule has 0 saturated heterocycles. The number of aromatic nitrogens is 2. The van der Waals surface area contributed by atoms with Gasteiger partial charge in [0, 0.05) is 22.0 Å². The molecule has 1 amide bonds. The molecule has 5 nitrogen and oxygen atoms in total. The minimum atomic E-state index is -4.53. The van der Waals surface area contributed by atoms with Crippen molar-refractivity contribution in [2.45, 2.75) is 23.7 Å². The Morgan fingerprint density at radius 2 is 2.00 bits per heavy atom. The summed E-state index contributed by atoms with van der Waals surface area (Å²) in [5, 5.41) is 6.31. The molecule has 1 N–H and O–H groups in total. The summed E-state index contributed by atoms with van der Waals surface area (Å²) in [7, 11) is 0. The van der Waals surface area contributed by atoms with E-state index in [1.54, 1.807) is 31.2 Å². The van der Waals surface area contributed by atoms with Crippen molar-refractivity contribution in [1.29, 1.82) is 0 Å². The molecule has 0 fully saturated rings. The van der Waals surface area contributed by atoms with Crippen molar-refractivity contribution in [3.8, 4) is 0 Å². The molecule has 3 rings (SSSR count). The highest BCUT2D eigenvalue weighted by molar-refractivity contribution is 9.10. The quantitative estimate of drug-likeness (QED) is 0.483. The fraction of sp³-hybridized carbons (Fsp3) is 0.167. The van der Waals surface area contributed by atoms with E-state index in [1.807, 2.05) is 0 Å². The topological polar surface area (TPSA) is 68.0 Å². The largest absolute Gasteiger partial charge is 0.417 e. The number of hydrogen-bond acceptors (Lipinski definition) is 5. The predicted molar refractivity (Wildman–Crippen MR) is 102 cm³/mol. The number of thioether (sulfide) groups is 1. The van der Waals surface area contributed by atoms with Crippen molar-refractivity contribution >= 4 is 39.3 Å². The fourth-order valence-corrected chi connectivity index (χ4v) is 3.71. The van der Waals surface area contributed by atoms with Crippen LogP contribution in [0.4, 0.5) is 18.9 Å². The molecule has 3 aromatic rings. The number of alkyl halides is 3. The first-order valence-corrected chi connectivity index (χ1v) is 9.71. The molecule has 0 aliphatic rings. The van der Waals surface area contributed by atoms with E-state index < -0.39 is 17.6 Å². The first kappa shape index (κ1) is 20.4. The van der Waals surface area contributed by atoms with Gasteiger partial charge in [-0.3, -0.25) is 4.79 Å². The maximum atomic E-state index is 13.1. The molecular weight excluding hydrogens is 459 g/mol. The van der Waals surface area contributed by atoms with E-state index in [2.05, 4.69) is 31.4 Å². The summed E-state index contributed by atoms with van der Waals surface area (Å²) in [6.45, 7) is 1.68. The molecule has 10 heteroatoms. The van der Waals surface area contributed by atoms with Gasteiger partial charge < -0.3 is 9.84 Å². The Balaban J connectivity index is 1.78. The molecule has 1 heterocycles. The van der Waals surface area contributed by atoms with Crippen LogP contribution in [0.5, 0.6) is 0 Å². The predicted octanol–water partition coefficient (Wildman–Crippen LogP) is 5.70. The Kier molecular flexibility index (Phi) is 6.09. The Labute approximate surface area is 170 Å². The van der Waals surface area contributed by atoms with Crippen molar-refractivity contribution in [1.82, 2.24) is 10.1 Å². The maximum absolute atomic E-state index is 13.1. The third-order valence-electron chi connectivity index (χ3n) is 3.59. The first-order chi connectivity index (χ1) is 13.2. The summed E-state index contributed by atoms with van der Waals surface area (Å²) < 4.78 is 44.0. The van der Waals surface area contributed by atoms with Crippen LogP contribution in [0, 0.1) is 6.92 Å². The number of nitrogens with one attached hydrogen (secondary N) is 1. The van der Waals surface area contributed by atoms with Gasteiger partial charge in [0.05, 0.1) is 16.9 Å². The van der Waals surface area contributed by atoms with E-state index in [9.17, 15) is 18.0 Å². The summed E-state index contributed by atoms with van der Waals surface area (Å²) in [4.78, 5) is 17.4. The van der Waals surface area contributed by atoms with Gasteiger partial charge in [0.25, 0.3) is 5.91 Å². The van der Waals surface area contributed by atoms with Crippen molar-refractivity contribution in [3.05, 3.63) is 69.8 Å². The van der Waals surface area contributed by atoms with Gasteiger partial charge in [-0.2, -0.15) is 18.2 Å². The number of anilines is 1. The van der Waals surface area contributed by atoms with Crippen LogP contribution in [0.2, 0.25) is 0 Å². The molecule has 0 aliphatic heterocycles. The first-order valence-electron chi connectivity index (χ1n) is 7.93. The van der Waals surface area contributed by atoms with Crippen LogP contribution in [0.25, 0.3) is 0 Å². The van der Waals surface area contributed by atoms with E-state index in [1.165, 1.54) is 23.9 Å². The molecule has 0 atom stereocenters. The number of hydrogen-bond donors (Lipinski definition) is 1. The lowest BCUT2D eigenvalue weighted by molar-refractivity contribution is -0.138. The normalized spacial score (nSPS) is 11.5. The third-order valence-corrected chi connectivity index (χ3v) is 5.35. The van der Waals surface area contributed by atoms with Crippen LogP contribution >= 0.6 is 27.7 Å². The summed E-state index contributed by atoms with van der Waals surface area (Å²) in [5.41, 5.74) is -0.473. The van der Waals surface area contributed by atoms with E-state index in [4.69, 9.17) is 4.52 Å². The number of aryl methyl sites for hydroxylation is 1. The zero-order chi connectivity index (χ0) is 20.3. The molecule has 0 radical (unpaired) electrons. The van der Waals surface area contributed by atoms with Gasteiger partial charge in [-0.05, 0) is 30.3 Å². The lowest BCUT2D eigenvalue weighted by Gasteiger charge is -2.13. The highest BCUT2D eigenvalue weighted by Crippen LogP contribution is 2.36. The van der Waals surface area contributed by atoms with Crippen LogP contribution in [-0.4, -0.2) is 16.0 Å². The second kappa shape index (κ2) is 8.36. The molecular formula is C18H13BrF3N3O2S. The Hall–Kier alpha value is -2.33. The van der Waals surface area contributed by atoms with Crippen molar-refractivity contribution in [3.63, 3.8) is 0 Å². The lowest BCUT2D eigenvalue weighted by Crippen LogP contribution is -2.14. The van der Waals surface area contributed by atoms with E-state index in [0.29, 0.717) is 27.9 Å². The molecule has 0 aliphatic carbocycles. The lowest BCUT2D eigenvalue weighted by atomic mass is 10.1. The van der Waals surface area contributed by atoms with E-state index in [0.717, 1.165) is 6.07 Å². The Morgan fingerprint density at radius 1 is 1.25 bits per heavy atom. The molecule has 0 bridgehead atoms. The van der Waals surface area contributed by atoms with Crippen LogP contribution in [0.1, 0.15) is 27.6 Å². The zero-order valence-corrected chi connectivity index (χ0v) is 16.8. The van der Waals surface area contributed by atoms with Crippen molar-refractivity contribution in [2.75, 3.05) is 5.32 Å². The summed E-state index contributed by atoms with van der Waals surface area (Å²) in [5.74, 6) is 0.804. The Bertz CT molecular complexity index is 1010. The third kappa shape index (κ3) is 4.93. The smallest absolute Gasteiger partial charge is 0.340 e. The molecule has 1 aromatic heterocycles.